The van der Waals surface area contributed by atoms with Crippen LogP contribution in [-0.2, 0) is 22.4 Å². The van der Waals surface area contributed by atoms with Gasteiger partial charge >= 0.3 is 5.97 Å². The molecule has 0 fully saturated rings. The Morgan fingerprint density at radius 1 is 1.12 bits per heavy atom. The van der Waals surface area contributed by atoms with Crippen molar-refractivity contribution in [1.82, 2.24) is 0 Å². The second kappa shape index (κ2) is 7.74. The lowest BCUT2D eigenvalue weighted by molar-refractivity contribution is -0.123. The van der Waals surface area contributed by atoms with Crippen LogP contribution in [0, 0.1) is 0 Å². The molecule has 1 N–H and O–H groups in total. The van der Waals surface area contributed by atoms with Crippen molar-refractivity contribution in [3.8, 4) is 0 Å². The summed E-state index contributed by atoms with van der Waals surface area (Å²) in [5, 5.41) is 2.84. The molecule has 130 valence electrons. The van der Waals surface area contributed by atoms with E-state index in [0.29, 0.717) is 5.56 Å². The molecule has 0 bridgehead atoms. The number of esters is 1. The Morgan fingerprint density at radius 3 is 2.68 bits per heavy atom. The Kier molecular flexibility index (Phi) is 5.43. The number of nitrogens with one attached hydrogen (secondary N) is 1. The highest BCUT2D eigenvalue weighted by Gasteiger charge is 2.21. The highest BCUT2D eigenvalue weighted by molar-refractivity contribution is 7.98. The number of benzene rings is 2. The van der Waals surface area contributed by atoms with Gasteiger partial charge in [-0.05, 0) is 67.8 Å². The van der Waals surface area contributed by atoms with E-state index in [1.807, 2.05) is 30.5 Å². The van der Waals surface area contributed by atoms with Crippen LogP contribution in [0.3, 0.4) is 0 Å². The summed E-state index contributed by atoms with van der Waals surface area (Å²) in [5.41, 5.74) is 3.87. The van der Waals surface area contributed by atoms with Crippen LogP contribution in [-0.4, -0.2) is 24.2 Å². The van der Waals surface area contributed by atoms with Gasteiger partial charge in [-0.1, -0.05) is 18.2 Å². The van der Waals surface area contributed by atoms with Gasteiger partial charge in [-0.25, -0.2) is 4.79 Å². The van der Waals surface area contributed by atoms with Crippen molar-refractivity contribution in [1.29, 1.82) is 0 Å². The molecule has 2 aromatic carbocycles. The van der Waals surface area contributed by atoms with Crippen LogP contribution in [0.15, 0.2) is 47.4 Å². The second-order valence-electron chi connectivity index (χ2n) is 6.07. The van der Waals surface area contributed by atoms with Crippen LogP contribution in [0.2, 0.25) is 0 Å². The maximum Gasteiger partial charge on any atom is 0.340 e. The lowest BCUT2D eigenvalue weighted by Crippen LogP contribution is -2.30. The van der Waals surface area contributed by atoms with Crippen molar-refractivity contribution in [2.75, 3.05) is 11.6 Å². The Hall–Kier alpha value is -2.27. The first-order valence-corrected chi connectivity index (χ1v) is 9.57. The number of carbonyl (C=O) groups is 2. The monoisotopic (exact) mass is 355 g/mol. The fraction of sp³-hybridized carbons (Fsp3) is 0.300. The lowest BCUT2D eigenvalue weighted by Gasteiger charge is -2.15. The number of fused-ring (bicyclic) bond motifs is 1. The topological polar surface area (TPSA) is 55.4 Å². The first-order valence-electron chi connectivity index (χ1n) is 8.35. The van der Waals surface area contributed by atoms with E-state index in [1.54, 1.807) is 19.1 Å². The second-order valence-corrected chi connectivity index (χ2v) is 6.92. The van der Waals surface area contributed by atoms with Crippen LogP contribution in [0.25, 0.3) is 0 Å². The fourth-order valence-corrected chi connectivity index (χ4v) is 3.57. The van der Waals surface area contributed by atoms with Gasteiger partial charge in [0.05, 0.1) is 5.56 Å². The summed E-state index contributed by atoms with van der Waals surface area (Å²) in [7, 11) is 0. The maximum absolute atomic E-state index is 12.3. The average molecular weight is 355 g/mol. The number of ether oxygens (including phenoxy) is 1. The average Bonchev–Trinajstić information content (AvgIpc) is 3.09. The minimum atomic E-state index is -0.865. The van der Waals surface area contributed by atoms with Crippen molar-refractivity contribution in [3.63, 3.8) is 0 Å². The number of aryl methyl sites for hydroxylation is 2. The first kappa shape index (κ1) is 17.5. The first-order chi connectivity index (χ1) is 12.1. The SMILES string of the molecule is CSc1ccccc1C(=O)O[C@H](C)C(=O)Nc1ccc2c(c1)CCC2. The molecule has 0 spiro atoms. The third-order valence-corrected chi connectivity index (χ3v) is 5.14. The lowest BCUT2D eigenvalue weighted by atomic mass is 10.1. The number of hydrogen-bond acceptors (Lipinski definition) is 4. The molecule has 0 saturated heterocycles. The van der Waals surface area contributed by atoms with Crippen molar-refractivity contribution in [2.24, 2.45) is 0 Å². The summed E-state index contributed by atoms with van der Waals surface area (Å²) in [6.07, 6.45) is 4.35. The summed E-state index contributed by atoms with van der Waals surface area (Å²) in [5.74, 6) is -0.811. The van der Waals surface area contributed by atoms with Gasteiger partial charge in [0.25, 0.3) is 5.91 Å². The largest absolute Gasteiger partial charge is 0.449 e. The molecule has 1 aliphatic rings. The van der Waals surface area contributed by atoms with Crippen LogP contribution < -0.4 is 5.32 Å². The van der Waals surface area contributed by atoms with Crippen LogP contribution in [0.5, 0.6) is 0 Å². The smallest absolute Gasteiger partial charge is 0.340 e. The number of anilines is 1. The van der Waals surface area contributed by atoms with Crippen molar-refractivity contribution in [3.05, 3.63) is 59.2 Å². The van der Waals surface area contributed by atoms with Gasteiger partial charge in [-0.15, -0.1) is 11.8 Å². The summed E-state index contributed by atoms with van der Waals surface area (Å²) in [6.45, 7) is 1.59. The number of hydrogen-bond donors (Lipinski definition) is 1. The Bertz CT molecular complexity index is 803. The zero-order valence-electron chi connectivity index (χ0n) is 14.4. The zero-order chi connectivity index (χ0) is 17.8. The predicted molar refractivity (Wildman–Crippen MR) is 100 cm³/mol. The van der Waals surface area contributed by atoms with E-state index in [0.717, 1.165) is 29.8 Å². The third kappa shape index (κ3) is 4.04. The predicted octanol–water partition coefficient (Wildman–Crippen LogP) is 4.08. The molecular weight excluding hydrogens is 334 g/mol. The molecular formula is C20H21NO3S. The Labute approximate surface area is 152 Å². The molecule has 0 radical (unpaired) electrons. The van der Waals surface area contributed by atoms with E-state index in [9.17, 15) is 9.59 Å². The normalized spacial score (nSPS) is 13.8. The number of rotatable bonds is 5. The Morgan fingerprint density at radius 2 is 1.88 bits per heavy atom. The highest BCUT2D eigenvalue weighted by atomic mass is 32.2. The summed E-state index contributed by atoms with van der Waals surface area (Å²) >= 11 is 1.47. The molecule has 1 aliphatic carbocycles. The summed E-state index contributed by atoms with van der Waals surface area (Å²) in [4.78, 5) is 25.5. The zero-order valence-corrected chi connectivity index (χ0v) is 15.2. The molecule has 0 saturated carbocycles. The van der Waals surface area contributed by atoms with Gasteiger partial charge in [-0.3, -0.25) is 4.79 Å². The molecule has 2 aromatic rings. The third-order valence-electron chi connectivity index (χ3n) is 4.35. The van der Waals surface area contributed by atoms with E-state index in [-0.39, 0.29) is 5.91 Å². The maximum atomic E-state index is 12.3. The van der Waals surface area contributed by atoms with Gasteiger partial charge in [-0.2, -0.15) is 0 Å². The number of carbonyl (C=O) groups excluding carboxylic acids is 2. The van der Waals surface area contributed by atoms with E-state index in [2.05, 4.69) is 11.4 Å². The summed E-state index contributed by atoms with van der Waals surface area (Å²) < 4.78 is 5.34. The van der Waals surface area contributed by atoms with E-state index >= 15 is 0 Å². The van der Waals surface area contributed by atoms with Gasteiger partial charge in [0.2, 0.25) is 0 Å². The number of amides is 1. The van der Waals surface area contributed by atoms with Gasteiger partial charge < -0.3 is 10.1 Å². The molecule has 0 heterocycles. The van der Waals surface area contributed by atoms with Gasteiger partial charge in [0.1, 0.15) is 0 Å². The molecule has 0 aliphatic heterocycles. The standard InChI is InChI=1S/C20H21NO3S/c1-13(24-20(23)17-8-3-4-9-18(17)25-2)19(22)21-16-11-10-14-6-5-7-15(14)12-16/h3-4,8-13H,5-7H2,1-2H3,(H,21,22)/t13-/m1/s1. The quantitative estimate of drug-likeness (QED) is 0.648. The van der Waals surface area contributed by atoms with Crippen molar-refractivity contribution < 1.29 is 14.3 Å². The molecule has 0 unspecified atom stereocenters. The van der Waals surface area contributed by atoms with Gasteiger partial charge in [0, 0.05) is 10.6 Å². The van der Waals surface area contributed by atoms with Crippen molar-refractivity contribution >= 4 is 29.3 Å². The minimum Gasteiger partial charge on any atom is -0.449 e. The number of thioether (sulfide) groups is 1. The van der Waals surface area contributed by atoms with Crippen molar-refractivity contribution in [2.45, 2.75) is 37.2 Å². The minimum absolute atomic E-state index is 0.326. The molecule has 0 aromatic heterocycles. The van der Waals surface area contributed by atoms with E-state index < -0.39 is 12.1 Å². The molecule has 25 heavy (non-hydrogen) atoms. The summed E-state index contributed by atoms with van der Waals surface area (Å²) in [6, 6.07) is 13.2. The van der Waals surface area contributed by atoms with Crippen LogP contribution in [0.4, 0.5) is 5.69 Å². The molecule has 4 nitrogen and oxygen atoms in total. The van der Waals surface area contributed by atoms with Crippen LogP contribution >= 0.6 is 11.8 Å². The van der Waals surface area contributed by atoms with E-state index in [4.69, 9.17) is 4.74 Å². The fourth-order valence-electron chi connectivity index (χ4n) is 2.98. The van der Waals surface area contributed by atoms with E-state index in [1.165, 1.54) is 22.9 Å². The van der Waals surface area contributed by atoms with Gasteiger partial charge in [0.15, 0.2) is 6.10 Å². The molecule has 1 amide bonds. The molecule has 5 heteroatoms. The van der Waals surface area contributed by atoms with Crippen LogP contribution in [0.1, 0.15) is 34.8 Å². The molecule has 3 rings (SSSR count). The molecule has 1 atom stereocenters. The Balaban J connectivity index is 1.63. The highest BCUT2D eigenvalue weighted by Crippen LogP contribution is 2.25.